The normalized spacial score (nSPS) is 2.25. The van der Waals surface area contributed by atoms with Gasteiger partial charge in [0.1, 0.15) is 0 Å². The van der Waals surface area contributed by atoms with Gasteiger partial charge in [-0.3, -0.25) is 0 Å². The van der Waals surface area contributed by atoms with Gasteiger partial charge >= 0.3 is 0 Å². The molecule has 1 unspecified atom stereocenters. The Kier molecular flexibility index (Phi) is 1350. The van der Waals surface area contributed by atoms with Gasteiger partial charge in [0.25, 0.3) is 0 Å². The first-order valence-electron chi connectivity index (χ1n) is 2.12. The van der Waals surface area contributed by atoms with Gasteiger partial charge in [0.05, 0.1) is 0 Å². The molecule has 0 nitrogen and oxygen atoms in total. The van der Waals surface area contributed by atoms with Crippen molar-refractivity contribution in [1.82, 2.24) is 0 Å². The Labute approximate surface area is 74.0 Å². The van der Waals surface area contributed by atoms with Crippen molar-refractivity contribution < 1.29 is 22.4 Å². The van der Waals surface area contributed by atoms with Gasteiger partial charge < -0.3 is 20.8 Å². The molecule has 0 rings (SSSR count). The summed E-state index contributed by atoms with van der Waals surface area (Å²) in [4.78, 5) is 0. The summed E-state index contributed by atoms with van der Waals surface area (Å²) in [7, 11) is 0. The molecule has 0 aromatic heterocycles. The van der Waals surface area contributed by atoms with Crippen LogP contribution in [0.3, 0.4) is 0 Å². The van der Waals surface area contributed by atoms with E-state index < -0.39 is 0 Å². The second kappa shape index (κ2) is 307. The fraction of sp³-hybridized carbons (Fsp3) is 0.500. The zero-order valence-electron chi connectivity index (χ0n) is 6.13. The summed E-state index contributed by atoms with van der Waals surface area (Å²) in [5, 5.41) is 0. The molecule has 0 saturated heterocycles. The summed E-state index contributed by atoms with van der Waals surface area (Å²) in [5.74, 6) is 0. The van der Waals surface area contributed by atoms with Gasteiger partial charge in [0.15, 0.2) is 0 Å². The van der Waals surface area contributed by atoms with Crippen molar-refractivity contribution in [2.45, 2.75) is 20.8 Å². The Morgan fingerprint density at radius 1 is 0.625 bits per heavy atom. The predicted molar refractivity (Wildman–Crippen MR) is 44.2 cm³/mol. The molecular weight excluding hydrogens is 211 g/mol. The van der Waals surface area contributed by atoms with E-state index in [-0.39, 0.29) is 32.3 Å². The van der Waals surface area contributed by atoms with E-state index in [0.29, 0.717) is 0 Å². The second-order valence-corrected chi connectivity index (χ2v) is 0. The first kappa shape index (κ1) is 35.2. The van der Waals surface area contributed by atoms with Crippen LogP contribution in [0.2, 0.25) is 0 Å². The summed E-state index contributed by atoms with van der Waals surface area (Å²) in [6.45, 7) is 15.0. The molecule has 0 heterocycles. The molecule has 0 fully saturated rings. The summed E-state index contributed by atoms with van der Waals surface area (Å²) in [6, 6.07) is 0. The average Bonchev–Trinajstić information content (AvgIpc) is 1.81. The number of hydrogen-bond acceptors (Lipinski definition) is 0. The molecule has 0 aliphatic heterocycles. The molecule has 0 aromatic rings. The predicted octanol–water partition coefficient (Wildman–Crippen LogP) is 2.58. The van der Waals surface area contributed by atoms with E-state index in [4.69, 9.17) is 0 Å². The van der Waals surface area contributed by atoms with E-state index in [2.05, 4.69) is 20.8 Å². The summed E-state index contributed by atoms with van der Waals surface area (Å²) in [5.41, 5.74) is 0. The topological polar surface area (TPSA) is 0 Å². The standard InChI is InChI=1S/3C2H5.Ag.H3P/c3*1-2;;/h3*1H2,2H3;;1H3/q3*-1;;. The van der Waals surface area contributed by atoms with Crippen molar-refractivity contribution in [3.8, 4) is 0 Å². The third kappa shape index (κ3) is 199. The fourth-order valence-electron chi connectivity index (χ4n) is 0. The first-order valence-corrected chi connectivity index (χ1v) is 2.12. The molecule has 1 radical (unpaired) electrons. The Morgan fingerprint density at radius 3 is 0.625 bits per heavy atom. The zero-order chi connectivity index (χ0) is 6.00. The van der Waals surface area contributed by atoms with Gasteiger partial charge in [-0.25, -0.2) is 0 Å². The van der Waals surface area contributed by atoms with Crippen LogP contribution in [0.25, 0.3) is 0 Å². The molecule has 8 heavy (non-hydrogen) atoms. The van der Waals surface area contributed by atoms with Gasteiger partial charge in [-0.1, -0.05) is 0 Å². The monoisotopic (exact) mass is 228 g/mol. The third-order valence-corrected chi connectivity index (χ3v) is 0. The van der Waals surface area contributed by atoms with Gasteiger partial charge in [0.2, 0.25) is 0 Å². The van der Waals surface area contributed by atoms with Crippen LogP contribution in [0, 0.1) is 20.8 Å². The minimum absolute atomic E-state index is 0. The van der Waals surface area contributed by atoms with Gasteiger partial charge in [-0.2, -0.15) is 30.7 Å². The molecule has 0 amide bonds. The van der Waals surface area contributed by atoms with Crippen molar-refractivity contribution in [2.75, 3.05) is 0 Å². The molecule has 0 aliphatic rings. The van der Waals surface area contributed by atoms with Crippen LogP contribution in [0.4, 0.5) is 0 Å². The average molecular weight is 229 g/mol. The Morgan fingerprint density at radius 2 is 0.625 bits per heavy atom. The third-order valence-electron chi connectivity index (χ3n) is 0. The van der Waals surface area contributed by atoms with Crippen LogP contribution in [0.5, 0.6) is 0 Å². The van der Waals surface area contributed by atoms with Crippen molar-refractivity contribution in [3.05, 3.63) is 20.8 Å². The van der Waals surface area contributed by atoms with Gasteiger partial charge in [0, 0.05) is 22.4 Å². The van der Waals surface area contributed by atoms with E-state index in [0.717, 1.165) is 0 Å². The smallest absolute Gasteiger partial charge is 0 e. The molecule has 2 heteroatoms. The molecule has 0 bridgehead atoms. The quantitative estimate of drug-likeness (QED) is 0.340. The van der Waals surface area contributed by atoms with Crippen molar-refractivity contribution in [2.24, 2.45) is 0 Å². The van der Waals surface area contributed by atoms with Crippen molar-refractivity contribution in [3.63, 3.8) is 0 Å². The van der Waals surface area contributed by atoms with Crippen LogP contribution in [0.1, 0.15) is 20.8 Å². The largest absolute Gasteiger partial charge is 0.346 e. The molecule has 0 N–H and O–H groups in total. The summed E-state index contributed by atoms with van der Waals surface area (Å²) < 4.78 is 0. The van der Waals surface area contributed by atoms with Gasteiger partial charge in [-0.05, 0) is 0 Å². The minimum atomic E-state index is 0. The number of rotatable bonds is 0. The van der Waals surface area contributed by atoms with E-state index in [1.807, 2.05) is 0 Å². The fourth-order valence-corrected chi connectivity index (χ4v) is 0. The zero-order valence-corrected chi connectivity index (χ0v) is 9.03. The van der Waals surface area contributed by atoms with Crippen LogP contribution < -0.4 is 0 Å². The van der Waals surface area contributed by atoms with Crippen LogP contribution in [0.15, 0.2) is 0 Å². The maximum Gasteiger partial charge on any atom is 0 e. The van der Waals surface area contributed by atoms with E-state index in [9.17, 15) is 0 Å². The van der Waals surface area contributed by atoms with E-state index >= 15 is 0 Å². The molecule has 0 aliphatic carbocycles. The maximum atomic E-state index is 3.25. The van der Waals surface area contributed by atoms with E-state index in [1.54, 1.807) is 20.8 Å². The van der Waals surface area contributed by atoms with Crippen molar-refractivity contribution >= 4 is 9.90 Å². The summed E-state index contributed by atoms with van der Waals surface area (Å²) in [6.07, 6.45) is 0. The second-order valence-electron chi connectivity index (χ2n) is 0. The van der Waals surface area contributed by atoms with Crippen LogP contribution in [-0.4, -0.2) is 0 Å². The molecule has 0 aromatic carbocycles. The molecule has 0 spiro atoms. The van der Waals surface area contributed by atoms with Crippen molar-refractivity contribution in [1.29, 1.82) is 0 Å². The maximum absolute atomic E-state index is 3.25. The molecule has 1 atom stereocenters. The Bertz CT molecular complexity index is 8.49. The molecule has 61 valence electrons. The first-order chi connectivity index (χ1) is 3.00. The molecular formula is C6H18AgP-3. The van der Waals surface area contributed by atoms with Crippen LogP contribution in [-0.2, 0) is 22.4 Å². The van der Waals surface area contributed by atoms with Crippen LogP contribution >= 0.6 is 9.90 Å². The van der Waals surface area contributed by atoms with Gasteiger partial charge in [-0.15, -0.1) is 0 Å². The summed E-state index contributed by atoms with van der Waals surface area (Å²) >= 11 is 0. The SMILES string of the molecule is P.[Ag].[CH2-]C.[CH2-]C.[CH2-]C. The molecule has 0 saturated carbocycles. The van der Waals surface area contributed by atoms with E-state index in [1.165, 1.54) is 0 Å². The Hall–Kier alpha value is 1.17. The Balaban J connectivity index is -0.00000000500. The number of hydrogen-bond donors (Lipinski definition) is 0. The minimum Gasteiger partial charge on any atom is -0.346 e.